The second kappa shape index (κ2) is 11.7. The SMILES string of the molecule is CCc1ccc(N/C(=N/c2nc(CSc3ncccn3)cc(=O)[nH]2)NC(=O)c2ccccc2)cc1. The molecule has 9 nitrogen and oxygen atoms in total. The zero-order valence-corrected chi connectivity index (χ0v) is 19.7. The summed E-state index contributed by atoms with van der Waals surface area (Å²) in [6.07, 6.45) is 4.21. The number of carbonyl (C=O) groups excluding carboxylic acids is 1. The number of hydrogen-bond donors (Lipinski definition) is 3. The minimum atomic E-state index is -0.357. The first-order valence-corrected chi connectivity index (χ1v) is 11.9. The van der Waals surface area contributed by atoms with Crippen LogP contribution in [0.2, 0.25) is 0 Å². The molecule has 0 spiro atoms. The van der Waals surface area contributed by atoms with Crippen LogP contribution in [0.4, 0.5) is 11.6 Å². The molecule has 0 aliphatic carbocycles. The first kappa shape index (κ1) is 23.8. The van der Waals surface area contributed by atoms with E-state index in [4.69, 9.17) is 0 Å². The summed E-state index contributed by atoms with van der Waals surface area (Å²) in [4.78, 5) is 44.8. The third-order valence-corrected chi connectivity index (χ3v) is 5.69. The van der Waals surface area contributed by atoms with Crippen molar-refractivity contribution >= 4 is 35.3 Å². The number of carbonyl (C=O) groups is 1. The fourth-order valence-electron chi connectivity index (χ4n) is 3.04. The number of nitrogens with zero attached hydrogens (tertiary/aromatic N) is 4. The fraction of sp³-hybridized carbons (Fsp3) is 0.120. The maximum Gasteiger partial charge on any atom is 0.257 e. The lowest BCUT2D eigenvalue weighted by Crippen LogP contribution is -2.36. The van der Waals surface area contributed by atoms with Crippen LogP contribution in [0.25, 0.3) is 0 Å². The zero-order chi connectivity index (χ0) is 24.5. The zero-order valence-electron chi connectivity index (χ0n) is 18.9. The van der Waals surface area contributed by atoms with E-state index in [-0.39, 0.29) is 23.4 Å². The van der Waals surface area contributed by atoms with E-state index < -0.39 is 0 Å². The van der Waals surface area contributed by atoms with E-state index in [1.54, 1.807) is 42.7 Å². The Morgan fingerprint density at radius 3 is 2.49 bits per heavy atom. The van der Waals surface area contributed by atoms with Crippen LogP contribution in [-0.4, -0.2) is 31.8 Å². The van der Waals surface area contributed by atoms with Crippen molar-refractivity contribution in [2.45, 2.75) is 24.3 Å². The van der Waals surface area contributed by atoms with Crippen molar-refractivity contribution in [2.24, 2.45) is 4.99 Å². The lowest BCUT2D eigenvalue weighted by molar-refractivity contribution is 0.0977. The van der Waals surface area contributed by atoms with Crippen molar-refractivity contribution in [2.75, 3.05) is 5.32 Å². The smallest absolute Gasteiger partial charge is 0.257 e. The summed E-state index contributed by atoms with van der Waals surface area (Å²) in [6, 6.07) is 19.7. The topological polar surface area (TPSA) is 125 Å². The maximum absolute atomic E-state index is 12.8. The van der Waals surface area contributed by atoms with Gasteiger partial charge in [-0.2, -0.15) is 4.99 Å². The number of aliphatic imine (C=N–C) groups is 1. The third kappa shape index (κ3) is 7.08. The van der Waals surface area contributed by atoms with E-state index in [0.717, 1.165) is 12.1 Å². The average Bonchev–Trinajstić information content (AvgIpc) is 2.88. The van der Waals surface area contributed by atoms with Gasteiger partial charge < -0.3 is 5.32 Å². The molecule has 0 atom stereocenters. The highest BCUT2D eigenvalue weighted by atomic mass is 32.2. The number of benzene rings is 2. The molecule has 176 valence electrons. The second-order valence-electron chi connectivity index (χ2n) is 7.34. The van der Waals surface area contributed by atoms with E-state index in [9.17, 15) is 9.59 Å². The Kier molecular flexibility index (Phi) is 7.97. The summed E-state index contributed by atoms with van der Waals surface area (Å²) in [5.41, 5.74) is 2.53. The van der Waals surface area contributed by atoms with Gasteiger partial charge >= 0.3 is 0 Å². The lowest BCUT2D eigenvalue weighted by Gasteiger charge is -2.12. The molecule has 10 heteroatoms. The number of aryl methyl sites for hydroxylation is 1. The molecule has 3 N–H and O–H groups in total. The average molecular weight is 486 g/mol. The van der Waals surface area contributed by atoms with Gasteiger partial charge in [-0.15, -0.1) is 0 Å². The molecular weight excluding hydrogens is 462 g/mol. The van der Waals surface area contributed by atoms with Crippen molar-refractivity contribution in [3.05, 3.63) is 106 Å². The van der Waals surface area contributed by atoms with E-state index >= 15 is 0 Å². The lowest BCUT2D eigenvalue weighted by atomic mass is 10.1. The van der Waals surface area contributed by atoms with Gasteiger partial charge in [-0.3, -0.25) is 19.9 Å². The molecule has 0 unspecified atom stereocenters. The molecule has 0 aliphatic heterocycles. The number of rotatable bonds is 7. The number of aromatic nitrogens is 4. The van der Waals surface area contributed by atoms with Crippen LogP contribution in [0.15, 0.2) is 94.1 Å². The van der Waals surface area contributed by atoms with Gasteiger partial charge in [-0.1, -0.05) is 49.0 Å². The molecule has 0 saturated heterocycles. The first-order chi connectivity index (χ1) is 17.1. The normalized spacial score (nSPS) is 11.2. The number of guanidine groups is 1. The Balaban J connectivity index is 1.60. The number of nitrogens with one attached hydrogen (secondary N) is 3. The summed E-state index contributed by atoms with van der Waals surface area (Å²) in [5, 5.41) is 6.45. The van der Waals surface area contributed by atoms with Gasteiger partial charge in [0.1, 0.15) is 0 Å². The Morgan fingerprint density at radius 1 is 1.03 bits per heavy atom. The highest BCUT2D eigenvalue weighted by Gasteiger charge is 2.11. The number of anilines is 1. The van der Waals surface area contributed by atoms with E-state index in [1.165, 1.54) is 23.4 Å². The van der Waals surface area contributed by atoms with Gasteiger partial charge in [0.25, 0.3) is 11.5 Å². The molecule has 4 aromatic rings. The Bertz CT molecular complexity index is 1360. The minimum Gasteiger partial charge on any atom is -0.326 e. The Morgan fingerprint density at radius 2 is 1.77 bits per heavy atom. The molecule has 35 heavy (non-hydrogen) atoms. The van der Waals surface area contributed by atoms with Crippen LogP contribution < -0.4 is 16.2 Å². The van der Waals surface area contributed by atoms with Gasteiger partial charge in [0, 0.05) is 35.5 Å². The third-order valence-electron chi connectivity index (χ3n) is 4.78. The summed E-state index contributed by atoms with van der Waals surface area (Å²) in [5.74, 6) is 0.219. The number of H-pyrrole nitrogens is 1. The largest absolute Gasteiger partial charge is 0.326 e. The van der Waals surface area contributed by atoms with Crippen LogP contribution in [0.3, 0.4) is 0 Å². The fourth-order valence-corrected chi connectivity index (χ4v) is 3.74. The highest BCUT2D eigenvalue weighted by Crippen LogP contribution is 2.17. The molecule has 0 saturated carbocycles. The van der Waals surface area contributed by atoms with Crippen LogP contribution in [0, 0.1) is 0 Å². The van der Waals surface area contributed by atoms with Crippen LogP contribution in [0.5, 0.6) is 0 Å². The van der Waals surface area contributed by atoms with E-state index in [1.807, 2.05) is 30.3 Å². The van der Waals surface area contributed by atoms with Crippen molar-refractivity contribution < 1.29 is 4.79 Å². The maximum atomic E-state index is 12.8. The molecule has 0 aliphatic rings. The summed E-state index contributed by atoms with van der Waals surface area (Å²) >= 11 is 1.35. The molecule has 2 heterocycles. The van der Waals surface area contributed by atoms with Gasteiger partial charge in [-0.25, -0.2) is 15.0 Å². The van der Waals surface area contributed by atoms with Crippen molar-refractivity contribution in [3.63, 3.8) is 0 Å². The molecule has 1 amide bonds. The predicted molar refractivity (Wildman–Crippen MR) is 137 cm³/mol. The second-order valence-corrected chi connectivity index (χ2v) is 8.28. The number of amides is 1. The highest BCUT2D eigenvalue weighted by molar-refractivity contribution is 7.98. The molecule has 0 bridgehead atoms. The van der Waals surface area contributed by atoms with Gasteiger partial charge in [0.2, 0.25) is 11.9 Å². The van der Waals surface area contributed by atoms with Crippen LogP contribution in [-0.2, 0) is 12.2 Å². The number of aromatic amines is 1. The summed E-state index contributed by atoms with van der Waals surface area (Å²) in [6.45, 7) is 2.08. The molecule has 0 fully saturated rings. The minimum absolute atomic E-state index is 0.0584. The Labute approximate surface area is 206 Å². The molecule has 2 aromatic heterocycles. The van der Waals surface area contributed by atoms with Gasteiger partial charge in [0.05, 0.1) is 5.69 Å². The number of thioether (sulfide) groups is 1. The van der Waals surface area contributed by atoms with Crippen LogP contribution >= 0.6 is 11.8 Å². The van der Waals surface area contributed by atoms with Crippen molar-refractivity contribution in [1.29, 1.82) is 0 Å². The molecule has 0 radical (unpaired) electrons. The molecule has 4 rings (SSSR count). The molecular formula is C25H23N7O2S. The summed E-state index contributed by atoms with van der Waals surface area (Å²) < 4.78 is 0. The van der Waals surface area contributed by atoms with E-state index in [2.05, 4.69) is 42.5 Å². The monoisotopic (exact) mass is 485 g/mol. The quantitative estimate of drug-likeness (QED) is 0.157. The summed E-state index contributed by atoms with van der Waals surface area (Å²) in [7, 11) is 0. The van der Waals surface area contributed by atoms with Gasteiger partial charge in [-0.05, 0) is 42.3 Å². The van der Waals surface area contributed by atoms with E-state index in [0.29, 0.717) is 22.2 Å². The van der Waals surface area contributed by atoms with Crippen molar-refractivity contribution in [3.8, 4) is 0 Å². The van der Waals surface area contributed by atoms with Gasteiger partial charge in [0.15, 0.2) is 5.16 Å². The number of hydrogen-bond acceptors (Lipinski definition) is 7. The molecule has 2 aromatic carbocycles. The first-order valence-electron chi connectivity index (χ1n) is 10.9. The Hall–Kier alpha value is -4.31. The standard InChI is InChI=1S/C25H23N7O2S/c1-2-17-9-11-19(12-10-17)28-24(31-22(34)18-7-4-3-5-8-18)32-23-29-20(15-21(33)30-23)16-35-25-26-13-6-14-27-25/h3-15H,2,16H2,1H3,(H3,28,29,30,31,32,33,34). The van der Waals surface area contributed by atoms with Crippen LogP contribution in [0.1, 0.15) is 28.5 Å². The predicted octanol–water partition coefficient (Wildman–Crippen LogP) is 3.94. The van der Waals surface area contributed by atoms with Crippen molar-refractivity contribution in [1.82, 2.24) is 25.3 Å².